The number of aryl methyl sites for hydroxylation is 1. The number of aromatic nitrogens is 2. The molecule has 1 aromatic heterocycles. The van der Waals surface area contributed by atoms with Gasteiger partial charge in [-0.15, -0.1) is 0 Å². The second kappa shape index (κ2) is 10.3. The minimum Gasteiger partial charge on any atom is -0.339 e. The lowest BCUT2D eigenvalue weighted by Crippen LogP contribution is -2.38. The molecule has 4 aromatic rings. The van der Waals surface area contributed by atoms with Gasteiger partial charge >= 0.3 is 0 Å². The summed E-state index contributed by atoms with van der Waals surface area (Å²) in [4.78, 5) is 20.5. The lowest BCUT2D eigenvalue weighted by Gasteiger charge is -2.32. The zero-order chi connectivity index (χ0) is 28.0. The number of piperidine rings is 1. The first kappa shape index (κ1) is 26.4. The van der Waals surface area contributed by atoms with Crippen LogP contribution in [0.2, 0.25) is 0 Å². The van der Waals surface area contributed by atoms with Gasteiger partial charge in [-0.2, -0.15) is 0 Å². The van der Waals surface area contributed by atoms with E-state index >= 15 is 0 Å². The molecule has 1 saturated heterocycles. The molecule has 6 heteroatoms. The average molecular weight is 540 g/mol. The summed E-state index contributed by atoms with van der Waals surface area (Å²) in [7, 11) is 0. The number of rotatable bonds is 6. The van der Waals surface area contributed by atoms with E-state index in [1.54, 1.807) is 12.1 Å². The second-order valence-corrected chi connectivity index (χ2v) is 11.3. The van der Waals surface area contributed by atoms with Gasteiger partial charge in [-0.1, -0.05) is 42.5 Å². The highest BCUT2D eigenvalue weighted by Gasteiger charge is 2.33. The Labute approximate surface area is 234 Å². The van der Waals surface area contributed by atoms with Crippen molar-refractivity contribution in [3.8, 4) is 0 Å². The Morgan fingerprint density at radius 1 is 0.950 bits per heavy atom. The van der Waals surface area contributed by atoms with Crippen molar-refractivity contribution in [3.05, 3.63) is 106 Å². The number of fused-ring (bicyclic) bond motifs is 1. The van der Waals surface area contributed by atoms with Crippen LogP contribution in [0.4, 0.5) is 8.78 Å². The number of alkyl halides is 2. The Morgan fingerprint density at radius 2 is 1.70 bits per heavy atom. The van der Waals surface area contributed by atoms with Crippen LogP contribution in [0, 0.1) is 6.92 Å². The number of allylic oxidation sites excluding steroid dienone is 1. The van der Waals surface area contributed by atoms with Crippen molar-refractivity contribution in [2.45, 2.75) is 64.3 Å². The number of likely N-dealkylation sites (tertiary alicyclic amines) is 1. The Bertz CT molecular complexity index is 1600. The molecule has 0 bridgehead atoms. The predicted molar refractivity (Wildman–Crippen MR) is 156 cm³/mol. The van der Waals surface area contributed by atoms with Gasteiger partial charge in [0.2, 0.25) is 0 Å². The van der Waals surface area contributed by atoms with Gasteiger partial charge in [0.15, 0.2) is 0 Å². The van der Waals surface area contributed by atoms with E-state index in [9.17, 15) is 13.6 Å². The summed E-state index contributed by atoms with van der Waals surface area (Å²) in [6.07, 6.45) is 6.17. The molecule has 206 valence electrons. The third-order valence-corrected chi connectivity index (χ3v) is 8.42. The summed E-state index contributed by atoms with van der Waals surface area (Å²) in [5, 5.41) is 0. The predicted octanol–water partition coefficient (Wildman–Crippen LogP) is 8.26. The van der Waals surface area contributed by atoms with Gasteiger partial charge in [0, 0.05) is 43.1 Å². The van der Waals surface area contributed by atoms with Crippen LogP contribution in [0.3, 0.4) is 0 Å². The van der Waals surface area contributed by atoms with Crippen LogP contribution in [0.25, 0.3) is 16.6 Å². The number of imidazole rings is 1. The topological polar surface area (TPSA) is 38.1 Å². The quantitative estimate of drug-likeness (QED) is 0.247. The standard InChI is InChI=1S/C34H35F2N3O/c1-4-28(24-8-7-9-26(21-24)34(3,35)36)29-15-12-25(20-22(29)2)33(40)38-18-16-23(17-19-38)32-37-30-10-5-6-11-31(30)39(32)27-13-14-27/h4-12,15,20-21,23,27H,13-14,16-19H2,1-3H3/b28-4-. The van der Waals surface area contributed by atoms with Crippen molar-refractivity contribution in [1.29, 1.82) is 0 Å². The molecular formula is C34H35F2N3O. The zero-order valence-electron chi connectivity index (χ0n) is 23.3. The molecule has 0 spiro atoms. The van der Waals surface area contributed by atoms with Crippen LogP contribution in [-0.2, 0) is 5.92 Å². The molecule has 2 fully saturated rings. The fourth-order valence-corrected chi connectivity index (χ4v) is 6.13. The second-order valence-electron chi connectivity index (χ2n) is 11.3. The highest BCUT2D eigenvalue weighted by molar-refractivity contribution is 5.95. The molecule has 0 N–H and O–H groups in total. The summed E-state index contributed by atoms with van der Waals surface area (Å²) in [6, 6.07) is 21.2. The third kappa shape index (κ3) is 4.96. The van der Waals surface area contributed by atoms with Gasteiger partial charge in [0.05, 0.1) is 11.0 Å². The van der Waals surface area contributed by atoms with Crippen molar-refractivity contribution in [2.75, 3.05) is 13.1 Å². The Hall–Kier alpha value is -3.80. The van der Waals surface area contributed by atoms with Crippen LogP contribution in [0.1, 0.15) is 89.9 Å². The van der Waals surface area contributed by atoms with Gasteiger partial charge in [-0.05, 0) is 92.1 Å². The van der Waals surface area contributed by atoms with Gasteiger partial charge in [-0.25, -0.2) is 13.8 Å². The van der Waals surface area contributed by atoms with Crippen molar-refractivity contribution < 1.29 is 13.6 Å². The number of hydrogen-bond acceptors (Lipinski definition) is 2. The van der Waals surface area contributed by atoms with Gasteiger partial charge < -0.3 is 9.47 Å². The lowest BCUT2D eigenvalue weighted by molar-refractivity contribution is 0.0174. The number of hydrogen-bond donors (Lipinski definition) is 0. The smallest absolute Gasteiger partial charge is 0.270 e. The molecule has 2 aliphatic rings. The Morgan fingerprint density at radius 3 is 2.38 bits per heavy atom. The number of nitrogens with zero attached hydrogens (tertiary/aromatic N) is 3. The minimum absolute atomic E-state index is 0.00935. The maximum atomic E-state index is 14.0. The van der Waals surface area contributed by atoms with E-state index in [1.165, 1.54) is 30.2 Å². The van der Waals surface area contributed by atoms with E-state index in [1.807, 2.05) is 55.2 Å². The highest BCUT2D eigenvalue weighted by Crippen LogP contribution is 2.42. The molecule has 0 radical (unpaired) electrons. The summed E-state index contributed by atoms with van der Waals surface area (Å²) in [6.45, 7) is 6.21. The SMILES string of the molecule is C/C=C(/c1cccc(C(C)(F)F)c1)c1ccc(C(=O)N2CCC(c3nc4ccccc4n3C3CC3)CC2)cc1C. The number of halogens is 2. The molecule has 1 saturated carbocycles. The van der Waals surface area contributed by atoms with Crippen LogP contribution in [0.5, 0.6) is 0 Å². The van der Waals surface area contributed by atoms with E-state index in [4.69, 9.17) is 4.98 Å². The summed E-state index contributed by atoms with van der Waals surface area (Å²) in [5.41, 5.74) is 6.44. The number of amides is 1. The van der Waals surface area contributed by atoms with Gasteiger partial charge in [-0.3, -0.25) is 4.79 Å². The fourth-order valence-electron chi connectivity index (χ4n) is 6.13. The van der Waals surface area contributed by atoms with Crippen molar-refractivity contribution in [2.24, 2.45) is 0 Å². The number of benzene rings is 3. The van der Waals surface area contributed by atoms with Crippen LogP contribution >= 0.6 is 0 Å². The Balaban J connectivity index is 1.18. The van der Waals surface area contributed by atoms with Crippen LogP contribution in [0.15, 0.2) is 72.8 Å². The molecule has 1 aliphatic carbocycles. The summed E-state index contributed by atoms with van der Waals surface area (Å²) < 4.78 is 30.4. The van der Waals surface area contributed by atoms with Crippen molar-refractivity contribution in [1.82, 2.24) is 14.5 Å². The number of para-hydroxylation sites is 2. The molecule has 4 nitrogen and oxygen atoms in total. The third-order valence-electron chi connectivity index (χ3n) is 8.42. The highest BCUT2D eigenvalue weighted by atomic mass is 19.3. The van der Waals surface area contributed by atoms with E-state index in [-0.39, 0.29) is 11.5 Å². The van der Waals surface area contributed by atoms with E-state index in [0.717, 1.165) is 47.5 Å². The molecule has 6 rings (SSSR count). The average Bonchev–Trinajstić information content (AvgIpc) is 3.72. The maximum Gasteiger partial charge on any atom is 0.270 e. The first-order valence-corrected chi connectivity index (χ1v) is 14.3. The fraction of sp³-hybridized carbons (Fsp3) is 0.353. The van der Waals surface area contributed by atoms with Crippen LogP contribution < -0.4 is 0 Å². The zero-order valence-corrected chi connectivity index (χ0v) is 23.3. The van der Waals surface area contributed by atoms with Crippen molar-refractivity contribution >= 4 is 22.5 Å². The van der Waals surface area contributed by atoms with Crippen LogP contribution in [-0.4, -0.2) is 33.4 Å². The molecule has 1 amide bonds. The van der Waals surface area contributed by atoms with Gasteiger partial charge in [0.25, 0.3) is 11.8 Å². The number of carbonyl (C=O) groups excluding carboxylic acids is 1. The summed E-state index contributed by atoms with van der Waals surface area (Å²) >= 11 is 0. The first-order chi connectivity index (χ1) is 19.2. The largest absolute Gasteiger partial charge is 0.339 e. The van der Waals surface area contributed by atoms with Crippen molar-refractivity contribution in [3.63, 3.8) is 0 Å². The molecule has 2 heterocycles. The lowest BCUT2D eigenvalue weighted by atomic mass is 9.91. The maximum absolute atomic E-state index is 14.0. The van der Waals surface area contributed by atoms with E-state index < -0.39 is 5.92 Å². The van der Waals surface area contributed by atoms with Gasteiger partial charge in [0.1, 0.15) is 5.82 Å². The molecule has 0 atom stereocenters. The minimum atomic E-state index is -2.90. The Kier molecular flexibility index (Phi) is 6.81. The van der Waals surface area contributed by atoms with E-state index in [2.05, 4.69) is 22.8 Å². The number of carbonyl (C=O) groups is 1. The molecule has 3 aromatic carbocycles. The monoisotopic (exact) mass is 539 g/mol. The summed E-state index contributed by atoms with van der Waals surface area (Å²) in [5.74, 6) is -1.33. The first-order valence-electron chi connectivity index (χ1n) is 14.3. The normalized spacial score (nSPS) is 17.0. The molecular weight excluding hydrogens is 504 g/mol. The van der Waals surface area contributed by atoms with E-state index in [0.29, 0.717) is 30.6 Å². The molecule has 40 heavy (non-hydrogen) atoms. The molecule has 0 unspecified atom stereocenters. The molecule has 1 aliphatic heterocycles.